The van der Waals surface area contributed by atoms with Crippen molar-refractivity contribution in [2.45, 2.75) is 18.9 Å². The van der Waals surface area contributed by atoms with E-state index in [9.17, 15) is 12.8 Å². The van der Waals surface area contributed by atoms with Crippen LogP contribution in [0.15, 0.2) is 23.4 Å². The normalized spacial score (nSPS) is 12.7. The number of aromatic nitrogens is 1. The van der Waals surface area contributed by atoms with E-state index in [1.165, 1.54) is 12.3 Å². The number of nitrogens with one attached hydrogen (secondary N) is 1. The predicted molar refractivity (Wildman–Crippen MR) is 62.2 cm³/mol. The Morgan fingerprint density at radius 1 is 1.53 bits per heavy atom. The van der Waals surface area contributed by atoms with Gasteiger partial charge in [-0.2, -0.15) is 0 Å². The number of halogens is 1. The SMILES string of the molecule is CC(C)(CN)CNS(=O)(=O)c1ncccc1F. The highest BCUT2D eigenvalue weighted by Gasteiger charge is 2.24. The quantitative estimate of drug-likeness (QED) is 0.807. The van der Waals surface area contributed by atoms with Crippen molar-refractivity contribution in [3.63, 3.8) is 0 Å². The van der Waals surface area contributed by atoms with E-state index in [1.807, 2.05) is 13.8 Å². The van der Waals surface area contributed by atoms with Crippen molar-refractivity contribution in [1.82, 2.24) is 9.71 Å². The van der Waals surface area contributed by atoms with Gasteiger partial charge in [0, 0.05) is 12.7 Å². The van der Waals surface area contributed by atoms with Crippen LogP contribution in [0.3, 0.4) is 0 Å². The predicted octanol–water partition coefficient (Wildman–Crippen LogP) is 0.484. The fraction of sp³-hybridized carbons (Fsp3) is 0.500. The molecule has 0 aromatic carbocycles. The van der Waals surface area contributed by atoms with E-state index in [2.05, 4.69) is 9.71 Å². The van der Waals surface area contributed by atoms with Crippen LogP contribution in [-0.4, -0.2) is 26.5 Å². The third-order valence-electron chi connectivity index (χ3n) is 2.27. The minimum Gasteiger partial charge on any atom is -0.330 e. The molecule has 0 saturated heterocycles. The lowest BCUT2D eigenvalue weighted by molar-refractivity contribution is 0.375. The van der Waals surface area contributed by atoms with Gasteiger partial charge in [-0.05, 0) is 24.1 Å². The topological polar surface area (TPSA) is 85.1 Å². The second-order valence-corrected chi connectivity index (χ2v) is 6.17. The molecule has 1 aromatic heterocycles. The van der Waals surface area contributed by atoms with Crippen molar-refractivity contribution < 1.29 is 12.8 Å². The van der Waals surface area contributed by atoms with Crippen LogP contribution >= 0.6 is 0 Å². The zero-order chi connectivity index (χ0) is 13.1. The number of sulfonamides is 1. The molecule has 0 spiro atoms. The van der Waals surface area contributed by atoms with Crippen molar-refractivity contribution in [2.24, 2.45) is 11.1 Å². The van der Waals surface area contributed by atoms with E-state index in [0.29, 0.717) is 6.54 Å². The Morgan fingerprint density at radius 2 is 2.18 bits per heavy atom. The number of hydrogen-bond acceptors (Lipinski definition) is 4. The van der Waals surface area contributed by atoms with E-state index in [4.69, 9.17) is 5.73 Å². The summed E-state index contributed by atoms with van der Waals surface area (Å²) >= 11 is 0. The van der Waals surface area contributed by atoms with Crippen molar-refractivity contribution >= 4 is 10.0 Å². The molecule has 0 unspecified atom stereocenters. The van der Waals surface area contributed by atoms with E-state index in [-0.39, 0.29) is 6.54 Å². The first kappa shape index (κ1) is 14.0. The van der Waals surface area contributed by atoms with E-state index in [1.54, 1.807) is 0 Å². The summed E-state index contributed by atoms with van der Waals surface area (Å²) in [5.74, 6) is -0.870. The molecule has 1 heterocycles. The highest BCUT2D eigenvalue weighted by molar-refractivity contribution is 7.89. The van der Waals surface area contributed by atoms with Crippen LogP contribution < -0.4 is 10.5 Å². The average molecular weight is 261 g/mol. The zero-order valence-corrected chi connectivity index (χ0v) is 10.6. The maximum atomic E-state index is 13.3. The lowest BCUT2D eigenvalue weighted by Gasteiger charge is -2.22. The molecule has 0 fully saturated rings. The van der Waals surface area contributed by atoms with Gasteiger partial charge in [0.2, 0.25) is 5.03 Å². The van der Waals surface area contributed by atoms with Gasteiger partial charge in [0.15, 0.2) is 5.82 Å². The first-order valence-corrected chi connectivity index (χ1v) is 6.57. The lowest BCUT2D eigenvalue weighted by Crippen LogP contribution is -2.38. The monoisotopic (exact) mass is 261 g/mol. The summed E-state index contributed by atoms with van der Waals surface area (Å²) in [6.45, 7) is 4.07. The molecule has 7 heteroatoms. The summed E-state index contributed by atoms with van der Waals surface area (Å²) in [6.07, 6.45) is 1.23. The molecular weight excluding hydrogens is 245 g/mol. The molecule has 0 radical (unpaired) electrons. The van der Waals surface area contributed by atoms with Gasteiger partial charge >= 0.3 is 0 Å². The third kappa shape index (κ3) is 3.72. The summed E-state index contributed by atoms with van der Waals surface area (Å²) in [5, 5.41) is -0.590. The van der Waals surface area contributed by atoms with Gasteiger partial charge in [-0.15, -0.1) is 0 Å². The van der Waals surface area contributed by atoms with E-state index >= 15 is 0 Å². The van der Waals surface area contributed by atoms with Crippen molar-refractivity contribution in [3.8, 4) is 0 Å². The summed E-state index contributed by atoms with van der Waals surface area (Å²) in [5.41, 5.74) is 5.09. The molecular formula is C10H16FN3O2S. The van der Waals surface area contributed by atoms with Gasteiger partial charge in [-0.25, -0.2) is 22.5 Å². The summed E-state index contributed by atoms with van der Waals surface area (Å²) in [4.78, 5) is 3.52. The summed E-state index contributed by atoms with van der Waals surface area (Å²) in [7, 11) is -3.93. The van der Waals surface area contributed by atoms with Gasteiger partial charge < -0.3 is 5.73 Å². The number of rotatable bonds is 5. The van der Waals surface area contributed by atoms with Gasteiger partial charge in [0.1, 0.15) is 0 Å². The Hall–Kier alpha value is -1.05. The van der Waals surface area contributed by atoms with Gasteiger partial charge in [-0.3, -0.25) is 0 Å². The van der Waals surface area contributed by atoms with E-state index in [0.717, 1.165) is 6.07 Å². The molecule has 17 heavy (non-hydrogen) atoms. The fourth-order valence-electron chi connectivity index (χ4n) is 1.000. The first-order valence-electron chi connectivity index (χ1n) is 5.09. The number of nitrogens with two attached hydrogens (primary N) is 1. The van der Waals surface area contributed by atoms with Crippen molar-refractivity contribution in [2.75, 3.05) is 13.1 Å². The van der Waals surface area contributed by atoms with Crippen LogP contribution in [0.1, 0.15) is 13.8 Å². The Bertz CT molecular complexity index is 488. The Kier molecular flexibility index (Phi) is 4.18. The van der Waals surface area contributed by atoms with Gasteiger partial charge in [0.25, 0.3) is 10.0 Å². The molecule has 0 aliphatic heterocycles. The van der Waals surface area contributed by atoms with Crippen LogP contribution in [0.4, 0.5) is 4.39 Å². The van der Waals surface area contributed by atoms with Crippen molar-refractivity contribution in [1.29, 1.82) is 0 Å². The number of hydrogen-bond donors (Lipinski definition) is 2. The van der Waals surface area contributed by atoms with Crippen LogP contribution in [-0.2, 0) is 10.0 Å². The highest BCUT2D eigenvalue weighted by Crippen LogP contribution is 2.14. The van der Waals surface area contributed by atoms with Crippen LogP contribution in [0.2, 0.25) is 0 Å². The van der Waals surface area contributed by atoms with Gasteiger partial charge in [-0.1, -0.05) is 13.8 Å². The Labute approximate surface area is 100 Å². The minimum absolute atomic E-state index is 0.127. The molecule has 1 rings (SSSR count). The molecule has 1 aromatic rings. The number of nitrogens with zero attached hydrogens (tertiary/aromatic N) is 1. The molecule has 0 amide bonds. The molecule has 0 saturated carbocycles. The van der Waals surface area contributed by atoms with Crippen molar-refractivity contribution in [3.05, 3.63) is 24.1 Å². The lowest BCUT2D eigenvalue weighted by atomic mass is 9.95. The molecule has 96 valence electrons. The molecule has 0 atom stereocenters. The summed E-state index contributed by atoms with van der Waals surface area (Å²) in [6, 6.07) is 2.38. The van der Waals surface area contributed by atoms with Gasteiger partial charge in [0.05, 0.1) is 0 Å². The maximum Gasteiger partial charge on any atom is 0.261 e. The Balaban J connectivity index is 2.88. The fourth-order valence-corrected chi connectivity index (χ4v) is 2.24. The van der Waals surface area contributed by atoms with Crippen LogP contribution in [0.25, 0.3) is 0 Å². The first-order chi connectivity index (χ1) is 7.78. The zero-order valence-electron chi connectivity index (χ0n) is 9.77. The standard InChI is InChI=1S/C10H16FN3O2S/c1-10(2,6-12)7-14-17(15,16)9-8(11)4-3-5-13-9/h3-5,14H,6-7,12H2,1-2H3. The highest BCUT2D eigenvalue weighted by atomic mass is 32.2. The molecule has 5 nitrogen and oxygen atoms in total. The number of pyridine rings is 1. The maximum absolute atomic E-state index is 13.3. The van der Waals surface area contributed by atoms with E-state index < -0.39 is 26.3 Å². The molecule has 0 bridgehead atoms. The molecule has 3 N–H and O–H groups in total. The summed E-state index contributed by atoms with van der Waals surface area (Å²) < 4.78 is 39.1. The molecule has 0 aliphatic rings. The second kappa shape index (κ2) is 5.07. The average Bonchev–Trinajstić information content (AvgIpc) is 2.27. The molecule has 0 aliphatic carbocycles. The third-order valence-corrected chi connectivity index (χ3v) is 3.61. The second-order valence-electron chi connectivity index (χ2n) is 4.48. The smallest absolute Gasteiger partial charge is 0.261 e. The Morgan fingerprint density at radius 3 is 2.71 bits per heavy atom. The van der Waals surface area contributed by atoms with Crippen LogP contribution in [0.5, 0.6) is 0 Å². The largest absolute Gasteiger partial charge is 0.330 e. The van der Waals surface area contributed by atoms with Crippen LogP contribution in [0, 0.1) is 11.2 Å². The minimum atomic E-state index is -3.93.